The van der Waals surface area contributed by atoms with Gasteiger partial charge < -0.3 is 0 Å². The first-order valence-corrected chi connectivity index (χ1v) is 11.7. The van der Waals surface area contributed by atoms with Crippen LogP contribution < -0.4 is 0 Å². The van der Waals surface area contributed by atoms with Crippen LogP contribution in [0.3, 0.4) is 0 Å². The molecule has 3 aliphatic rings. The Bertz CT molecular complexity index is 879. The molecule has 0 aromatic carbocycles. The Morgan fingerprint density at radius 3 is 2.57 bits per heavy atom. The first kappa shape index (κ1) is 21.3. The van der Waals surface area contributed by atoms with Crippen molar-refractivity contribution in [2.75, 3.05) is 0 Å². The Morgan fingerprint density at radius 2 is 1.87 bits per heavy atom. The maximum atomic E-state index is 14.8. The number of hydrogen-bond acceptors (Lipinski definition) is 1. The van der Waals surface area contributed by atoms with Crippen molar-refractivity contribution < 1.29 is 8.78 Å². The molecular formula is C26H34F2N2. The third-order valence-corrected chi connectivity index (χ3v) is 7.18. The zero-order valence-corrected chi connectivity index (χ0v) is 18.3. The minimum Gasteiger partial charge on any atom is -0.269 e. The summed E-state index contributed by atoms with van der Waals surface area (Å²) in [5.41, 5.74) is 3.90. The standard InChI is InChI=1S/C26H34F2N2/c1-3-8-19-13-15-20(16-14-19)17-30-18(2)24(22-11-7-12-23(27)25(22)28)26(29-30)21-9-5-4-6-10-21/h4-5,7,9,12,19-20,22H,3,6,8,10-11,13-17H2,1-2H3. The molecule has 0 amide bonds. The van der Waals surface area contributed by atoms with Crippen LogP contribution in [0.1, 0.15) is 87.6 Å². The van der Waals surface area contributed by atoms with Gasteiger partial charge in [-0.2, -0.15) is 5.10 Å². The quantitative estimate of drug-likeness (QED) is 0.467. The molecule has 2 nitrogen and oxygen atoms in total. The highest BCUT2D eigenvalue weighted by atomic mass is 19.2. The SMILES string of the molecule is CCCC1CCC(Cn2nc(C3=CC=CCC3)c(C3CC=CC(F)=C3F)c2C)CC1. The molecule has 4 rings (SSSR count). The summed E-state index contributed by atoms with van der Waals surface area (Å²) in [6.07, 6.45) is 19.4. The van der Waals surface area contributed by atoms with Gasteiger partial charge in [-0.3, -0.25) is 4.68 Å². The van der Waals surface area contributed by atoms with E-state index in [2.05, 4.69) is 29.8 Å². The van der Waals surface area contributed by atoms with E-state index in [1.165, 1.54) is 44.6 Å². The summed E-state index contributed by atoms with van der Waals surface area (Å²) >= 11 is 0. The molecule has 1 unspecified atom stereocenters. The van der Waals surface area contributed by atoms with E-state index in [0.29, 0.717) is 12.3 Å². The highest BCUT2D eigenvalue weighted by Gasteiger charge is 2.31. The van der Waals surface area contributed by atoms with Crippen LogP contribution in [0.25, 0.3) is 5.57 Å². The fourth-order valence-electron chi connectivity index (χ4n) is 5.45. The van der Waals surface area contributed by atoms with Crippen LogP contribution in [-0.2, 0) is 6.54 Å². The average molecular weight is 413 g/mol. The molecule has 1 heterocycles. The van der Waals surface area contributed by atoms with Crippen LogP contribution in [0.2, 0.25) is 0 Å². The maximum absolute atomic E-state index is 14.8. The normalized spacial score (nSPS) is 26.9. The van der Waals surface area contributed by atoms with Gasteiger partial charge in [0.2, 0.25) is 0 Å². The summed E-state index contributed by atoms with van der Waals surface area (Å²) in [6.45, 7) is 5.20. The number of nitrogens with zero attached hydrogens (tertiary/aromatic N) is 2. The molecule has 0 aliphatic heterocycles. The van der Waals surface area contributed by atoms with E-state index in [1.54, 1.807) is 6.08 Å². The van der Waals surface area contributed by atoms with Crippen molar-refractivity contribution in [3.63, 3.8) is 0 Å². The van der Waals surface area contributed by atoms with E-state index in [0.717, 1.165) is 47.8 Å². The van der Waals surface area contributed by atoms with Gasteiger partial charge in [0.05, 0.1) is 5.69 Å². The van der Waals surface area contributed by atoms with E-state index in [1.807, 2.05) is 6.92 Å². The third kappa shape index (κ3) is 4.38. The van der Waals surface area contributed by atoms with E-state index >= 15 is 0 Å². The Hall–Kier alpha value is -1.97. The molecule has 162 valence electrons. The number of allylic oxidation sites excluding steroid dienone is 8. The summed E-state index contributed by atoms with van der Waals surface area (Å²) in [7, 11) is 0. The fourth-order valence-corrected chi connectivity index (χ4v) is 5.45. The van der Waals surface area contributed by atoms with Crippen molar-refractivity contribution >= 4 is 5.57 Å². The maximum Gasteiger partial charge on any atom is 0.154 e. The second-order valence-electron chi connectivity index (χ2n) is 9.25. The van der Waals surface area contributed by atoms with Gasteiger partial charge in [-0.1, -0.05) is 56.9 Å². The summed E-state index contributed by atoms with van der Waals surface area (Å²) in [4.78, 5) is 0. The van der Waals surface area contributed by atoms with E-state index in [-0.39, 0.29) is 0 Å². The number of hydrogen-bond donors (Lipinski definition) is 0. The second-order valence-corrected chi connectivity index (χ2v) is 9.25. The molecule has 1 aromatic heterocycles. The number of aromatic nitrogens is 2. The van der Waals surface area contributed by atoms with Crippen molar-refractivity contribution in [3.8, 4) is 0 Å². The molecule has 1 saturated carbocycles. The van der Waals surface area contributed by atoms with Crippen LogP contribution in [-0.4, -0.2) is 9.78 Å². The smallest absolute Gasteiger partial charge is 0.154 e. The Labute approximate surface area is 179 Å². The Morgan fingerprint density at radius 1 is 1.10 bits per heavy atom. The Balaban J connectivity index is 1.63. The molecule has 1 atom stereocenters. The molecule has 0 N–H and O–H groups in total. The minimum absolute atomic E-state index is 0.490. The van der Waals surface area contributed by atoms with Gasteiger partial charge in [0, 0.05) is 23.7 Å². The van der Waals surface area contributed by atoms with Crippen LogP contribution in [0.5, 0.6) is 0 Å². The third-order valence-electron chi connectivity index (χ3n) is 7.18. The molecule has 4 heteroatoms. The first-order chi connectivity index (χ1) is 14.6. The number of halogens is 2. The molecule has 1 aromatic rings. The summed E-state index contributed by atoms with van der Waals surface area (Å²) < 4.78 is 31.0. The topological polar surface area (TPSA) is 17.8 Å². The van der Waals surface area contributed by atoms with E-state index < -0.39 is 17.6 Å². The minimum atomic E-state index is -0.740. The Kier molecular flexibility index (Phi) is 6.70. The average Bonchev–Trinajstić information content (AvgIpc) is 3.08. The van der Waals surface area contributed by atoms with Gasteiger partial charge in [0.25, 0.3) is 0 Å². The highest BCUT2D eigenvalue weighted by molar-refractivity contribution is 5.69. The first-order valence-electron chi connectivity index (χ1n) is 11.7. The van der Waals surface area contributed by atoms with Crippen LogP contribution >= 0.6 is 0 Å². The van der Waals surface area contributed by atoms with Gasteiger partial charge in [-0.15, -0.1) is 0 Å². The largest absolute Gasteiger partial charge is 0.269 e. The molecule has 1 fully saturated rings. The zero-order chi connectivity index (χ0) is 21.1. The van der Waals surface area contributed by atoms with Gasteiger partial charge in [-0.05, 0) is 62.5 Å². The van der Waals surface area contributed by atoms with Crippen LogP contribution in [0.15, 0.2) is 42.0 Å². The lowest BCUT2D eigenvalue weighted by Gasteiger charge is -2.28. The lowest BCUT2D eigenvalue weighted by molar-refractivity contribution is 0.235. The van der Waals surface area contributed by atoms with Gasteiger partial charge in [0.15, 0.2) is 5.83 Å². The van der Waals surface area contributed by atoms with Crippen LogP contribution in [0.4, 0.5) is 8.78 Å². The molecule has 0 spiro atoms. The summed E-state index contributed by atoms with van der Waals surface area (Å²) in [5.74, 6) is -0.442. The lowest BCUT2D eigenvalue weighted by Crippen LogP contribution is -2.20. The van der Waals surface area contributed by atoms with Crippen molar-refractivity contribution in [3.05, 3.63) is 59.0 Å². The van der Waals surface area contributed by atoms with Crippen molar-refractivity contribution in [2.24, 2.45) is 11.8 Å². The van der Waals surface area contributed by atoms with Crippen molar-refractivity contribution in [2.45, 2.75) is 84.1 Å². The highest BCUT2D eigenvalue weighted by Crippen LogP contribution is 2.42. The monoisotopic (exact) mass is 412 g/mol. The fraction of sp³-hybridized carbons (Fsp3) is 0.577. The predicted molar refractivity (Wildman–Crippen MR) is 119 cm³/mol. The molecule has 0 saturated heterocycles. The zero-order valence-electron chi connectivity index (χ0n) is 18.3. The number of rotatable bonds is 6. The molecule has 0 radical (unpaired) electrons. The van der Waals surface area contributed by atoms with Gasteiger partial charge >= 0.3 is 0 Å². The van der Waals surface area contributed by atoms with Gasteiger partial charge in [-0.25, -0.2) is 8.78 Å². The summed E-state index contributed by atoms with van der Waals surface area (Å²) in [6, 6.07) is 0. The van der Waals surface area contributed by atoms with Gasteiger partial charge in [0.1, 0.15) is 5.83 Å². The molecular weight excluding hydrogens is 378 g/mol. The van der Waals surface area contributed by atoms with E-state index in [9.17, 15) is 8.78 Å². The summed E-state index contributed by atoms with van der Waals surface area (Å²) in [5, 5.41) is 5.00. The predicted octanol–water partition coefficient (Wildman–Crippen LogP) is 7.73. The van der Waals surface area contributed by atoms with E-state index in [4.69, 9.17) is 5.10 Å². The lowest BCUT2D eigenvalue weighted by atomic mass is 9.80. The van der Waals surface area contributed by atoms with Crippen molar-refractivity contribution in [1.82, 2.24) is 9.78 Å². The molecule has 3 aliphatic carbocycles. The second kappa shape index (κ2) is 9.45. The molecule has 30 heavy (non-hydrogen) atoms. The van der Waals surface area contributed by atoms with Crippen LogP contribution in [0, 0.1) is 18.8 Å². The van der Waals surface area contributed by atoms with Crippen molar-refractivity contribution in [1.29, 1.82) is 0 Å². The molecule has 0 bridgehead atoms.